The van der Waals surface area contributed by atoms with Gasteiger partial charge in [-0.25, -0.2) is 4.98 Å². The summed E-state index contributed by atoms with van der Waals surface area (Å²) in [5, 5.41) is 8.27. The van der Waals surface area contributed by atoms with Crippen LogP contribution in [0.5, 0.6) is 0 Å². The molecule has 3 N–H and O–H groups in total. The van der Waals surface area contributed by atoms with Gasteiger partial charge in [0.2, 0.25) is 5.91 Å². The largest absolute Gasteiger partial charge is 0.372 e. The van der Waals surface area contributed by atoms with Crippen molar-refractivity contribution < 1.29 is 9.59 Å². The van der Waals surface area contributed by atoms with Gasteiger partial charge in [-0.15, -0.1) is 0 Å². The average Bonchev–Trinajstić information content (AvgIpc) is 3.27. The highest BCUT2D eigenvalue weighted by molar-refractivity contribution is 5.92. The van der Waals surface area contributed by atoms with Gasteiger partial charge in [-0.2, -0.15) is 0 Å². The number of hydrogen-bond acceptors (Lipinski definition) is 5. The van der Waals surface area contributed by atoms with Gasteiger partial charge in [-0.3, -0.25) is 14.6 Å². The number of carbonyl (C=O) groups excluding carboxylic acids is 2. The molecule has 0 saturated heterocycles. The van der Waals surface area contributed by atoms with Crippen LogP contribution < -0.4 is 16.0 Å². The number of nitrogens with one attached hydrogen (secondary N) is 3. The van der Waals surface area contributed by atoms with Crippen LogP contribution in [0.4, 0.5) is 5.82 Å². The summed E-state index contributed by atoms with van der Waals surface area (Å²) < 4.78 is 0. The Bertz CT molecular complexity index is 473. The van der Waals surface area contributed by atoms with E-state index in [1.807, 2.05) is 0 Å². The summed E-state index contributed by atoms with van der Waals surface area (Å²) >= 11 is 0. The van der Waals surface area contributed by atoms with Gasteiger partial charge in [0.25, 0.3) is 5.91 Å². The number of nitrogens with zero attached hydrogens (tertiary/aromatic N) is 2. The van der Waals surface area contributed by atoms with Crippen molar-refractivity contribution in [3.8, 4) is 0 Å². The van der Waals surface area contributed by atoms with Crippen LogP contribution in [0.25, 0.3) is 0 Å². The smallest absolute Gasteiger partial charge is 0.271 e. The van der Waals surface area contributed by atoms with E-state index in [0.29, 0.717) is 18.9 Å². The molecule has 1 aliphatic carbocycles. The summed E-state index contributed by atoms with van der Waals surface area (Å²) in [6, 6.07) is 0. The topological polar surface area (TPSA) is 96.0 Å². The molecule has 2 amide bonds. The van der Waals surface area contributed by atoms with Crippen molar-refractivity contribution in [3.05, 3.63) is 18.1 Å². The third-order valence-electron chi connectivity index (χ3n) is 2.78. The Morgan fingerprint density at radius 2 is 2.00 bits per heavy atom. The first-order valence-corrected chi connectivity index (χ1v) is 6.26. The summed E-state index contributed by atoms with van der Waals surface area (Å²) in [4.78, 5) is 31.1. The maximum absolute atomic E-state index is 11.7. The standard InChI is InChI=1S/C12H17N5O2/c1-13-10-7-14-6-9(17-10)12(19)16-5-4-15-11(18)8-2-3-8/h6-8H,2-5H2,1H3,(H,13,17)(H,15,18)(H,16,19). The quantitative estimate of drug-likeness (QED) is 0.616. The van der Waals surface area contributed by atoms with E-state index in [2.05, 4.69) is 25.9 Å². The fraction of sp³-hybridized carbons (Fsp3) is 0.500. The summed E-state index contributed by atoms with van der Waals surface area (Å²) in [6.45, 7) is 0.809. The van der Waals surface area contributed by atoms with Crippen molar-refractivity contribution in [2.45, 2.75) is 12.8 Å². The van der Waals surface area contributed by atoms with Gasteiger partial charge in [0, 0.05) is 26.1 Å². The molecule has 7 heteroatoms. The maximum Gasteiger partial charge on any atom is 0.271 e. The molecule has 0 radical (unpaired) electrons. The van der Waals surface area contributed by atoms with Crippen LogP contribution in [-0.2, 0) is 4.79 Å². The van der Waals surface area contributed by atoms with E-state index >= 15 is 0 Å². The number of amides is 2. The Morgan fingerprint density at radius 3 is 2.68 bits per heavy atom. The number of aromatic nitrogens is 2. The lowest BCUT2D eigenvalue weighted by atomic mass is 10.4. The summed E-state index contributed by atoms with van der Waals surface area (Å²) in [5.74, 6) is 0.500. The summed E-state index contributed by atoms with van der Waals surface area (Å²) in [5.41, 5.74) is 0.250. The lowest BCUT2D eigenvalue weighted by molar-refractivity contribution is -0.122. The molecule has 1 aromatic rings. The van der Waals surface area contributed by atoms with Crippen molar-refractivity contribution in [2.75, 3.05) is 25.5 Å². The molecule has 0 aliphatic heterocycles. The van der Waals surface area contributed by atoms with Crippen LogP contribution >= 0.6 is 0 Å². The molecule has 0 bridgehead atoms. The third kappa shape index (κ3) is 3.90. The second-order valence-corrected chi connectivity index (χ2v) is 4.36. The highest BCUT2D eigenvalue weighted by Gasteiger charge is 2.28. The molecule has 0 unspecified atom stereocenters. The van der Waals surface area contributed by atoms with Crippen LogP contribution in [0.15, 0.2) is 12.4 Å². The Labute approximate surface area is 111 Å². The van der Waals surface area contributed by atoms with Gasteiger partial charge in [-0.1, -0.05) is 0 Å². The lowest BCUT2D eigenvalue weighted by Gasteiger charge is -2.06. The van der Waals surface area contributed by atoms with E-state index in [0.717, 1.165) is 12.8 Å². The minimum atomic E-state index is -0.301. The highest BCUT2D eigenvalue weighted by Crippen LogP contribution is 2.28. The van der Waals surface area contributed by atoms with Crippen molar-refractivity contribution in [1.29, 1.82) is 0 Å². The molecule has 1 saturated carbocycles. The first-order valence-electron chi connectivity index (χ1n) is 6.26. The van der Waals surface area contributed by atoms with Crippen molar-refractivity contribution in [1.82, 2.24) is 20.6 Å². The minimum Gasteiger partial charge on any atom is -0.372 e. The molecule has 19 heavy (non-hydrogen) atoms. The monoisotopic (exact) mass is 263 g/mol. The van der Waals surface area contributed by atoms with Crippen LogP contribution in [0.3, 0.4) is 0 Å². The van der Waals surface area contributed by atoms with E-state index in [1.54, 1.807) is 7.05 Å². The predicted molar refractivity (Wildman–Crippen MR) is 69.6 cm³/mol. The van der Waals surface area contributed by atoms with E-state index < -0.39 is 0 Å². The molecule has 1 fully saturated rings. The van der Waals surface area contributed by atoms with Gasteiger partial charge in [0.05, 0.1) is 12.4 Å². The lowest BCUT2D eigenvalue weighted by Crippen LogP contribution is -2.35. The van der Waals surface area contributed by atoms with Gasteiger partial charge in [0.1, 0.15) is 11.5 Å². The van der Waals surface area contributed by atoms with E-state index in [-0.39, 0.29) is 23.4 Å². The van der Waals surface area contributed by atoms with Crippen LogP contribution in [0, 0.1) is 5.92 Å². The Morgan fingerprint density at radius 1 is 1.26 bits per heavy atom. The fourth-order valence-corrected chi connectivity index (χ4v) is 1.54. The first kappa shape index (κ1) is 13.3. The zero-order valence-electron chi connectivity index (χ0n) is 10.8. The summed E-state index contributed by atoms with van der Waals surface area (Å²) in [6.07, 6.45) is 4.89. The minimum absolute atomic E-state index is 0.0752. The molecule has 0 aromatic carbocycles. The fourth-order valence-electron chi connectivity index (χ4n) is 1.54. The molecule has 102 valence electrons. The second-order valence-electron chi connectivity index (χ2n) is 4.36. The molecule has 1 aromatic heterocycles. The number of carbonyl (C=O) groups is 2. The van der Waals surface area contributed by atoms with Crippen LogP contribution in [0.1, 0.15) is 23.3 Å². The normalized spacial score (nSPS) is 13.7. The Balaban J connectivity index is 1.72. The van der Waals surface area contributed by atoms with E-state index in [1.165, 1.54) is 12.4 Å². The first-order chi connectivity index (χ1) is 9.20. The molecule has 1 aliphatic rings. The number of hydrogen-bond donors (Lipinski definition) is 3. The summed E-state index contributed by atoms with van der Waals surface area (Å²) in [7, 11) is 1.71. The van der Waals surface area contributed by atoms with Gasteiger partial charge in [0.15, 0.2) is 0 Å². The van der Waals surface area contributed by atoms with E-state index in [4.69, 9.17) is 0 Å². The molecular weight excluding hydrogens is 246 g/mol. The molecule has 1 heterocycles. The van der Waals surface area contributed by atoms with Crippen molar-refractivity contribution >= 4 is 17.6 Å². The molecular formula is C12H17N5O2. The van der Waals surface area contributed by atoms with E-state index in [9.17, 15) is 9.59 Å². The van der Waals surface area contributed by atoms with Gasteiger partial charge >= 0.3 is 0 Å². The average molecular weight is 263 g/mol. The zero-order valence-corrected chi connectivity index (χ0v) is 10.8. The highest BCUT2D eigenvalue weighted by atomic mass is 16.2. The molecule has 7 nitrogen and oxygen atoms in total. The second kappa shape index (κ2) is 6.12. The number of anilines is 1. The molecule has 0 spiro atoms. The molecule has 0 atom stereocenters. The SMILES string of the molecule is CNc1cncc(C(=O)NCCNC(=O)C2CC2)n1. The number of rotatable bonds is 6. The predicted octanol–water partition coefficient (Wildman–Crippen LogP) is -0.226. The maximum atomic E-state index is 11.7. The Kier molecular flexibility index (Phi) is 4.27. The van der Waals surface area contributed by atoms with Crippen molar-refractivity contribution in [3.63, 3.8) is 0 Å². The zero-order chi connectivity index (χ0) is 13.7. The Hall–Kier alpha value is -2.18. The molecule has 2 rings (SSSR count). The van der Waals surface area contributed by atoms with Crippen molar-refractivity contribution in [2.24, 2.45) is 5.92 Å². The van der Waals surface area contributed by atoms with Gasteiger partial charge in [-0.05, 0) is 12.8 Å². The third-order valence-corrected chi connectivity index (χ3v) is 2.78. The van der Waals surface area contributed by atoms with Crippen LogP contribution in [0.2, 0.25) is 0 Å². The van der Waals surface area contributed by atoms with Gasteiger partial charge < -0.3 is 16.0 Å². The van der Waals surface area contributed by atoms with Crippen LogP contribution in [-0.4, -0.2) is 41.9 Å².